The summed E-state index contributed by atoms with van der Waals surface area (Å²) in [4.78, 5) is 16.9. The van der Waals surface area contributed by atoms with Crippen molar-refractivity contribution in [1.82, 2.24) is 9.55 Å². The van der Waals surface area contributed by atoms with E-state index in [1.807, 2.05) is 0 Å². The van der Waals surface area contributed by atoms with Gasteiger partial charge in [-0.25, -0.2) is 9.78 Å². The van der Waals surface area contributed by atoms with Crippen LogP contribution in [0.25, 0.3) is 17.1 Å². The average molecular weight is 487 g/mol. The Balaban J connectivity index is 2.01. The Bertz CT molecular complexity index is 1110. The van der Waals surface area contributed by atoms with Gasteiger partial charge < -0.3 is 9.47 Å². The third-order valence-electron chi connectivity index (χ3n) is 4.50. The number of carbonyl (C=O) groups is 1. The van der Waals surface area contributed by atoms with Gasteiger partial charge in [-0.15, -0.1) is 0 Å². The first kappa shape index (κ1) is 23.9. The second-order valence-electron chi connectivity index (χ2n) is 6.76. The normalized spacial score (nSPS) is 11.5. The summed E-state index contributed by atoms with van der Waals surface area (Å²) in [5.41, 5.74) is 1.78. The van der Waals surface area contributed by atoms with Gasteiger partial charge in [0, 0.05) is 16.3 Å². The SMILES string of the molecule is CCOC(=O)c1nc(-c2ccc(Cl)cc2Cl)n(-c2ccc(OCCC(F)(F)F)cc2)c1C. The molecule has 0 N–H and O–H groups in total. The van der Waals surface area contributed by atoms with E-state index < -0.39 is 25.2 Å². The molecule has 0 atom stereocenters. The highest BCUT2D eigenvalue weighted by molar-refractivity contribution is 6.36. The summed E-state index contributed by atoms with van der Waals surface area (Å²) in [6, 6.07) is 11.3. The minimum absolute atomic E-state index is 0.123. The predicted octanol–water partition coefficient (Wildman–Crippen LogP) is 6.66. The van der Waals surface area contributed by atoms with Crippen molar-refractivity contribution in [3.05, 3.63) is 63.9 Å². The molecule has 3 aromatic rings. The van der Waals surface area contributed by atoms with Crippen LogP contribution in [0, 0.1) is 6.92 Å². The van der Waals surface area contributed by atoms with E-state index in [0.717, 1.165) is 0 Å². The minimum atomic E-state index is -4.29. The molecule has 0 amide bonds. The van der Waals surface area contributed by atoms with E-state index in [4.69, 9.17) is 32.7 Å². The first-order chi connectivity index (χ1) is 15.1. The molecule has 2 aromatic carbocycles. The lowest BCUT2D eigenvalue weighted by molar-refractivity contribution is -0.139. The first-order valence-electron chi connectivity index (χ1n) is 9.62. The zero-order chi connectivity index (χ0) is 23.5. The molecule has 0 aliphatic heterocycles. The Morgan fingerprint density at radius 1 is 1.12 bits per heavy atom. The van der Waals surface area contributed by atoms with E-state index in [0.29, 0.717) is 32.8 Å². The van der Waals surface area contributed by atoms with Crippen LogP contribution in [0.2, 0.25) is 10.0 Å². The van der Waals surface area contributed by atoms with Crippen LogP contribution in [0.4, 0.5) is 13.2 Å². The molecule has 32 heavy (non-hydrogen) atoms. The van der Waals surface area contributed by atoms with E-state index in [1.165, 1.54) is 0 Å². The Morgan fingerprint density at radius 2 is 1.81 bits per heavy atom. The third-order valence-corrected chi connectivity index (χ3v) is 5.05. The minimum Gasteiger partial charge on any atom is -0.493 e. The van der Waals surface area contributed by atoms with Gasteiger partial charge in [0.2, 0.25) is 0 Å². The molecule has 0 radical (unpaired) electrons. The van der Waals surface area contributed by atoms with E-state index in [9.17, 15) is 18.0 Å². The lowest BCUT2D eigenvalue weighted by Gasteiger charge is -2.13. The molecule has 0 aliphatic rings. The number of ether oxygens (including phenoxy) is 2. The lowest BCUT2D eigenvalue weighted by Crippen LogP contribution is -2.13. The summed E-state index contributed by atoms with van der Waals surface area (Å²) in [5.74, 6) is 0.0904. The Labute approximate surface area is 192 Å². The van der Waals surface area contributed by atoms with Gasteiger partial charge in [0.25, 0.3) is 0 Å². The highest BCUT2D eigenvalue weighted by Gasteiger charge is 2.27. The second-order valence-corrected chi connectivity index (χ2v) is 7.60. The van der Waals surface area contributed by atoms with E-state index in [1.54, 1.807) is 60.9 Å². The quantitative estimate of drug-likeness (QED) is 0.350. The number of esters is 1. The van der Waals surface area contributed by atoms with E-state index >= 15 is 0 Å². The Morgan fingerprint density at radius 3 is 2.41 bits per heavy atom. The van der Waals surface area contributed by atoms with Crippen LogP contribution in [0.1, 0.15) is 29.5 Å². The largest absolute Gasteiger partial charge is 0.493 e. The zero-order valence-corrected chi connectivity index (χ0v) is 18.7. The molecule has 10 heteroatoms. The van der Waals surface area contributed by atoms with E-state index in [2.05, 4.69) is 4.98 Å². The molecule has 0 saturated heterocycles. The number of alkyl halides is 3. The molecule has 0 unspecified atom stereocenters. The van der Waals surface area contributed by atoms with Gasteiger partial charge in [-0.3, -0.25) is 4.57 Å². The lowest BCUT2D eigenvalue weighted by atomic mass is 10.2. The van der Waals surface area contributed by atoms with Gasteiger partial charge in [0.05, 0.1) is 30.4 Å². The van der Waals surface area contributed by atoms with Crippen LogP contribution >= 0.6 is 23.2 Å². The van der Waals surface area contributed by atoms with Crippen molar-refractivity contribution in [2.75, 3.05) is 13.2 Å². The molecule has 0 aliphatic carbocycles. The number of benzene rings is 2. The topological polar surface area (TPSA) is 53.3 Å². The fourth-order valence-electron chi connectivity index (χ4n) is 3.04. The summed E-state index contributed by atoms with van der Waals surface area (Å²) in [7, 11) is 0. The van der Waals surface area contributed by atoms with Gasteiger partial charge in [-0.2, -0.15) is 13.2 Å². The highest BCUT2D eigenvalue weighted by atomic mass is 35.5. The molecule has 0 bridgehead atoms. The summed E-state index contributed by atoms with van der Waals surface area (Å²) < 4.78 is 49.0. The number of nitrogens with zero attached hydrogens (tertiary/aromatic N) is 2. The average Bonchev–Trinajstić information content (AvgIpc) is 3.05. The fraction of sp³-hybridized carbons (Fsp3) is 0.273. The van der Waals surface area contributed by atoms with Crippen LogP contribution in [0.3, 0.4) is 0 Å². The van der Waals surface area contributed by atoms with Crippen molar-refractivity contribution in [3.63, 3.8) is 0 Å². The Hall–Kier alpha value is -2.71. The number of carbonyl (C=O) groups excluding carboxylic acids is 1. The first-order valence-corrected chi connectivity index (χ1v) is 10.4. The van der Waals surface area contributed by atoms with Crippen molar-refractivity contribution in [3.8, 4) is 22.8 Å². The fourth-order valence-corrected chi connectivity index (χ4v) is 3.53. The molecule has 0 spiro atoms. The second kappa shape index (κ2) is 9.83. The van der Waals surface area contributed by atoms with Crippen LogP contribution in [-0.2, 0) is 4.74 Å². The molecule has 0 saturated carbocycles. The summed E-state index contributed by atoms with van der Waals surface area (Å²) in [5, 5.41) is 0.783. The molecule has 3 rings (SSSR count). The van der Waals surface area contributed by atoms with Gasteiger partial charge in [-0.1, -0.05) is 23.2 Å². The van der Waals surface area contributed by atoms with Crippen molar-refractivity contribution >= 4 is 29.2 Å². The molecule has 0 fully saturated rings. The number of hydrogen-bond donors (Lipinski definition) is 0. The summed E-state index contributed by atoms with van der Waals surface area (Å²) in [6.07, 6.45) is -5.33. The van der Waals surface area contributed by atoms with Gasteiger partial charge in [0.1, 0.15) is 11.6 Å². The van der Waals surface area contributed by atoms with Crippen molar-refractivity contribution in [1.29, 1.82) is 0 Å². The van der Waals surface area contributed by atoms with Gasteiger partial charge in [0.15, 0.2) is 5.69 Å². The van der Waals surface area contributed by atoms with Crippen molar-refractivity contribution < 1.29 is 27.4 Å². The molecule has 170 valence electrons. The molecular formula is C22H19Cl2F3N2O3. The van der Waals surface area contributed by atoms with Gasteiger partial charge in [-0.05, 0) is 56.3 Å². The number of hydrogen-bond acceptors (Lipinski definition) is 4. The number of halogens is 5. The number of aromatic nitrogens is 2. The molecule has 1 aromatic heterocycles. The van der Waals surface area contributed by atoms with Gasteiger partial charge >= 0.3 is 12.1 Å². The zero-order valence-electron chi connectivity index (χ0n) is 17.2. The highest BCUT2D eigenvalue weighted by Crippen LogP contribution is 2.34. The number of rotatable bonds is 7. The standard InChI is InChI=1S/C22H19Cl2F3N2O3/c1-3-31-21(30)19-13(2)29(20(28-19)17-9-4-14(23)12-18(17)24)15-5-7-16(8-6-15)32-11-10-22(25,26)27/h4-9,12H,3,10-11H2,1-2H3. The molecule has 1 heterocycles. The maximum absolute atomic E-state index is 12.4. The molecular weight excluding hydrogens is 468 g/mol. The predicted molar refractivity (Wildman–Crippen MR) is 116 cm³/mol. The smallest absolute Gasteiger partial charge is 0.392 e. The maximum atomic E-state index is 12.4. The van der Waals surface area contributed by atoms with Crippen molar-refractivity contribution in [2.45, 2.75) is 26.4 Å². The summed E-state index contributed by atoms with van der Waals surface area (Å²) >= 11 is 12.4. The number of imidazole rings is 1. The van der Waals surface area contributed by atoms with Crippen molar-refractivity contribution in [2.24, 2.45) is 0 Å². The molecule has 5 nitrogen and oxygen atoms in total. The maximum Gasteiger partial charge on any atom is 0.392 e. The van der Waals surface area contributed by atoms with Crippen LogP contribution < -0.4 is 4.74 Å². The van der Waals surface area contributed by atoms with Crippen LogP contribution in [-0.4, -0.2) is 34.9 Å². The third kappa shape index (κ3) is 5.55. The summed E-state index contributed by atoms with van der Waals surface area (Å²) in [6.45, 7) is 3.11. The van der Waals surface area contributed by atoms with Crippen LogP contribution in [0.15, 0.2) is 42.5 Å². The van der Waals surface area contributed by atoms with E-state index in [-0.39, 0.29) is 18.1 Å². The Kier molecular flexibility index (Phi) is 7.36. The monoisotopic (exact) mass is 486 g/mol. The van der Waals surface area contributed by atoms with Crippen LogP contribution in [0.5, 0.6) is 5.75 Å².